The molecule has 1 aliphatic rings. The molecule has 0 aliphatic heterocycles. The van der Waals surface area contributed by atoms with Gasteiger partial charge in [0.15, 0.2) is 0 Å². The van der Waals surface area contributed by atoms with Crippen LogP contribution in [0.25, 0.3) is 0 Å². The molecule has 0 aromatic carbocycles. The fraction of sp³-hybridized carbons (Fsp3) is 0.700. The van der Waals surface area contributed by atoms with Crippen molar-refractivity contribution in [1.29, 1.82) is 0 Å². The Bertz CT molecular complexity index is 600. The highest BCUT2D eigenvalue weighted by atomic mass is 32.1. The largest absolute Gasteiger partial charge is 0.462 e. The van der Waals surface area contributed by atoms with Crippen molar-refractivity contribution in [2.75, 3.05) is 11.9 Å². The lowest BCUT2D eigenvalue weighted by atomic mass is 9.79. The lowest BCUT2D eigenvalue weighted by molar-refractivity contribution is -0.121. The van der Waals surface area contributed by atoms with Crippen molar-refractivity contribution in [2.45, 2.75) is 72.6 Å². The molecule has 5 heteroatoms. The van der Waals surface area contributed by atoms with E-state index < -0.39 is 0 Å². The highest BCUT2D eigenvalue weighted by molar-refractivity contribution is 7.16. The van der Waals surface area contributed by atoms with E-state index in [0.717, 1.165) is 42.0 Å². The fourth-order valence-corrected chi connectivity index (χ4v) is 4.64. The average molecular weight is 366 g/mol. The van der Waals surface area contributed by atoms with Gasteiger partial charge >= 0.3 is 5.97 Å². The predicted octanol–water partition coefficient (Wildman–Crippen LogP) is 5.48. The predicted molar refractivity (Wildman–Crippen MR) is 103 cm³/mol. The number of thiophene rings is 1. The van der Waals surface area contributed by atoms with Crippen molar-refractivity contribution in [3.8, 4) is 0 Å². The summed E-state index contributed by atoms with van der Waals surface area (Å²) in [5.41, 5.74) is 1.43. The Morgan fingerprint density at radius 1 is 1.16 bits per heavy atom. The van der Waals surface area contributed by atoms with Gasteiger partial charge in [-0.3, -0.25) is 4.79 Å². The van der Waals surface area contributed by atoms with Gasteiger partial charge < -0.3 is 10.1 Å². The van der Waals surface area contributed by atoms with Gasteiger partial charge in [0.1, 0.15) is 5.00 Å². The lowest BCUT2D eigenvalue weighted by Crippen LogP contribution is -2.27. The van der Waals surface area contributed by atoms with Crippen LogP contribution in [0.2, 0.25) is 0 Å². The third kappa shape index (κ3) is 5.06. The summed E-state index contributed by atoms with van der Waals surface area (Å²) in [4.78, 5) is 26.0. The second kappa shape index (κ2) is 9.37. The zero-order valence-electron chi connectivity index (χ0n) is 15.9. The second-order valence-electron chi connectivity index (χ2n) is 7.06. The SMILES string of the molecule is CCCCC1CCC(C(=O)Nc2sc(C)c(C)c2C(=O)OCC)CC1. The van der Waals surface area contributed by atoms with Crippen LogP contribution in [0.5, 0.6) is 0 Å². The first kappa shape index (κ1) is 20.0. The summed E-state index contributed by atoms with van der Waals surface area (Å²) in [6.45, 7) is 8.24. The Morgan fingerprint density at radius 2 is 1.84 bits per heavy atom. The molecule has 1 N–H and O–H groups in total. The van der Waals surface area contributed by atoms with Gasteiger partial charge in [0.25, 0.3) is 0 Å². The molecule has 0 saturated heterocycles. The molecular formula is C20H31NO3S. The number of rotatable bonds is 7. The van der Waals surface area contributed by atoms with Gasteiger partial charge in [-0.25, -0.2) is 4.79 Å². The van der Waals surface area contributed by atoms with Crippen LogP contribution in [0.4, 0.5) is 5.00 Å². The van der Waals surface area contributed by atoms with E-state index in [-0.39, 0.29) is 17.8 Å². The zero-order chi connectivity index (χ0) is 18.4. The van der Waals surface area contributed by atoms with Gasteiger partial charge in [0, 0.05) is 10.8 Å². The van der Waals surface area contributed by atoms with Gasteiger partial charge in [-0.05, 0) is 57.9 Å². The van der Waals surface area contributed by atoms with E-state index in [1.54, 1.807) is 6.92 Å². The number of unbranched alkanes of at least 4 members (excludes halogenated alkanes) is 1. The number of anilines is 1. The Balaban J connectivity index is 1.99. The third-order valence-corrected chi connectivity index (χ3v) is 6.41. The molecule has 25 heavy (non-hydrogen) atoms. The summed E-state index contributed by atoms with van der Waals surface area (Å²) < 4.78 is 5.16. The number of esters is 1. The number of ether oxygens (including phenoxy) is 1. The second-order valence-corrected chi connectivity index (χ2v) is 8.28. The minimum atomic E-state index is -0.345. The van der Waals surface area contributed by atoms with Crippen molar-refractivity contribution >= 4 is 28.2 Å². The number of amides is 1. The summed E-state index contributed by atoms with van der Waals surface area (Å²) in [6.07, 6.45) is 8.03. The molecule has 4 nitrogen and oxygen atoms in total. The third-order valence-electron chi connectivity index (χ3n) is 5.29. The first-order chi connectivity index (χ1) is 12.0. The maximum Gasteiger partial charge on any atom is 0.341 e. The van der Waals surface area contributed by atoms with Gasteiger partial charge in [-0.1, -0.05) is 26.2 Å². The summed E-state index contributed by atoms with van der Waals surface area (Å²) in [5.74, 6) is 0.560. The maximum atomic E-state index is 12.7. The molecule has 1 fully saturated rings. The molecule has 0 bridgehead atoms. The van der Waals surface area contributed by atoms with E-state index in [1.165, 1.54) is 30.6 Å². The number of carbonyl (C=O) groups is 2. The monoisotopic (exact) mass is 365 g/mol. The smallest absolute Gasteiger partial charge is 0.341 e. The molecule has 0 radical (unpaired) electrons. The van der Waals surface area contributed by atoms with Crippen molar-refractivity contribution < 1.29 is 14.3 Å². The van der Waals surface area contributed by atoms with E-state index in [4.69, 9.17) is 4.74 Å². The van der Waals surface area contributed by atoms with Crippen LogP contribution in [0.15, 0.2) is 0 Å². The minimum absolute atomic E-state index is 0.0562. The average Bonchev–Trinajstić information content (AvgIpc) is 2.87. The van der Waals surface area contributed by atoms with Crippen LogP contribution in [0.1, 0.15) is 79.6 Å². The summed E-state index contributed by atoms with van der Waals surface area (Å²) >= 11 is 1.47. The molecule has 1 saturated carbocycles. The summed E-state index contributed by atoms with van der Waals surface area (Å²) in [7, 11) is 0. The minimum Gasteiger partial charge on any atom is -0.462 e. The molecule has 0 atom stereocenters. The molecule has 140 valence electrons. The Hall–Kier alpha value is -1.36. The van der Waals surface area contributed by atoms with E-state index in [2.05, 4.69) is 12.2 Å². The summed E-state index contributed by atoms with van der Waals surface area (Å²) in [5, 5.41) is 3.66. The first-order valence-corrected chi connectivity index (χ1v) is 10.4. The first-order valence-electron chi connectivity index (χ1n) is 9.55. The van der Waals surface area contributed by atoms with E-state index in [0.29, 0.717) is 17.2 Å². The van der Waals surface area contributed by atoms with Gasteiger partial charge in [-0.15, -0.1) is 11.3 Å². The number of nitrogens with one attached hydrogen (secondary N) is 1. The van der Waals surface area contributed by atoms with Crippen LogP contribution >= 0.6 is 11.3 Å². The van der Waals surface area contributed by atoms with Crippen LogP contribution in [0, 0.1) is 25.7 Å². The molecule has 1 aliphatic carbocycles. The van der Waals surface area contributed by atoms with Crippen molar-refractivity contribution in [1.82, 2.24) is 0 Å². The van der Waals surface area contributed by atoms with Gasteiger partial charge in [-0.2, -0.15) is 0 Å². The highest BCUT2D eigenvalue weighted by Crippen LogP contribution is 2.36. The van der Waals surface area contributed by atoms with Gasteiger partial charge in [0.2, 0.25) is 5.91 Å². The summed E-state index contributed by atoms with van der Waals surface area (Å²) in [6, 6.07) is 0. The maximum absolute atomic E-state index is 12.7. The molecule has 2 rings (SSSR count). The van der Waals surface area contributed by atoms with E-state index in [9.17, 15) is 9.59 Å². The Kier molecular flexibility index (Phi) is 7.48. The zero-order valence-corrected chi connectivity index (χ0v) is 16.8. The van der Waals surface area contributed by atoms with Crippen LogP contribution in [0.3, 0.4) is 0 Å². The van der Waals surface area contributed by atoms with Crippen LogP contribution in [-0.2, 0) is 9.53 Å². The number of carbonyl (C=O) groups excluding carboxylic acids is 2. The standard InChI is InChI=1S/C20H31NO3S/c1-5-7-8-15-9-11-16(12-10-15)18(22)21-19-17(20(23)24-6-2)13(3)14(4)25-19/h15-16H,5-12H2,1-4H3,(H,21,22). The van der Waals surface area contributed by atoms with E-state index >= 15 is 0 Å². The van der Waals surface area contributed by atoms with Gasteiger partial charge in [0.05, 0.1) is 12.2 Å². The highest BCUT2D eigenvalue weighted by Gasteiger charge is 2.28. The van der Waals surface area contributed by atoms with Crippen molar-refractivity contribution in [2.24, 2.45) is 11.8 Å². The van der Waals surface area contributed by atoms with Crippen molar-refractivity contribution in [3.05, 3.63) is 16.0 Å². The molecule has 1 aromatic heterocycles. The molecule has 0 unspecified atom stereocenters. The number of hydrogen-bond donors (Lipinski definition) is 1. The van der Waals surface area contributed by atoms with Crippen molar-refractivity contribution in [3.63, 3.8) is 0 Å². The lowest BCUT2D eigenvalue weighted by Gasteiger charge is -2.27. The van der Waals surface area contributed by atoms with Crippen LogP contribution in [-0.4, -0.2) is 18.5 Å². The Morgan fingerprint density at radius 3 is 2.44 bits per heavy atom. The molecular weight excluding hydrogens is 334 g/mol. The fourth-order valence-electron chi connectivity index (χ4n) is 3.58. The molecule has 1 heterocycles. The Labute approximate surface area is 155 Å². The topological polar surface area (TPSA) is 55.4 Å². The number of aryl methyl sites for hydroxylation is 1. The normalized spacial score (nSPS) is 20.3. The quantitative estimate of drug-likeness (QED) is 0.651. The van der Waals surface area contributed by atoms with Crippen LogP contribution < -0.4 is 5.32 Å². The number of hydrogen-bond acceptors (Lipinski definition) is 4. The molecule has 1 amide bonds. The molecule has 0 spiro atoms. The molecule has 1 aromatic rings. The van der Waals surface area contributed by atoms with E-state index in [1.807, 2.05) is 13.8 Å².